The van der Waals surface area contributed by atoms with Gasteiger partial charge in [0.25, 0.3) is 0 Å². The zero-order valence-corrected chi connectivity index (χ0v) is 11.2. The van der Waals surface area contributed by atoms with Crippen molar-refractivity contribution in [2.24, 2.45) is 0 Å². The minimum absolute atomic E-state index is 0.319. The van der Waals surface area contributed by atoms with Crippen molar-refractivity contribution in [3.8, 4) is 5.88 Å². The Morgan fingerprint density at radius 1 is 1.33 bits per heavy atom. The van der Waals surface area contributed by atoms with Gasteiger partial charge in [0.15, 0.2) is 0 Å². The molecule has 0 saturated heterocycles. The Balaban J connectivity index is 1.80. The zero-order chi connectivity index (χ0) is 12.8. The van der Waals surface area contributed by atoms with Crippen LogP contribution in [-0.4, -0.2) is 23.3 Å². The summed E-state index contributed by atoms with van der Waals surface area (Å²) in [5, 5.41) is 14.2. The number of aryl methyl sites for hydroxylation is 1. The number of rotatable bonds is 6. The molecule has 18 heavy (non-hydrogen) atoms. The fourth-order valence-electron chi connectivity index (χ4n) is 1.79. The van der Waals surface area contributed by atoms with Crippen LogP contribution in [0.25, 0.3) is 0 Å². The summed E-state index contributed by atoms with van der Waals surface area (Å²) in [4.78, 5) is 4.13. The summed E-state index contributed by atoms with van der Waals surface area (Å²) in [5.41, 5.74) is 2.33. The largest absolute Gasteiger partial charge is 0.481 e. The quantitative estimate of drug-likeness (QED) is 0.871. The first kappa shape index (κ1) is 13.1. The van der Waals surface area contributed by atoms with E-state index in [0.717, 1.165) is 18.4 Å². The van der Waals surface area contributed by atoms with Crippen LogP contribution in [0.3, 0.4) is 0 Å². The Bertz CT molecular complexity index is 453. The lowest BCUT2D eigenvalue weighted by Gasteiger charge is -2.10. The highest BCUT2D eigenvalue weighted by Crippen LogP contribution is 2.13. The van der Waals surface area contributed by atoms with Gasteiger partial charge in [-0.05, 0) is 47.2 Å². The minimum Gasteiger partial charge on any atom is -0.481 e. The molecule has 0 aliphatic rings. The third-order valence-electron chi connectivity index (χ3n) is 2.82. The van der Waals surface area contributed by atoms with Crippen LogP contribution in [0, 0.1) is 0 Å². The SMILES string of the molecule is COc1ccc(CC(O)CCc2ccsc2)cn1. The van der Waals surface area contributed by atoms with Crippen molar-refractivity contribution in [2.75, 3.05) is 7.11 Å². The van der Waals surface area contributed by atoms with E-state index in [-0.39, 0.29) is 6.10 Å². The van der Waals surface area contributed by atoms with Gasteiger partial charge < -0.3 is 9.84 Å². The van der Waals surface area contributed by atoms with Crippen molar-refractivity contribution in [3.05, 3.63) is 46.3 Å². The Morgan fingerprint density at radius 2 is 2.22 bits per heavy atom. The standard InChI is InChI=1S/C14H17NO2S/c1-17-14-5-3-12(9-15-14)8-13(16)4-2-11-6-7-18-10-11/h3,5-7,9-10,13,16H,2,4,8H2,1H3. The van der Waals surface area contributed by atoms with Gasteiger partial charge in [-0.2, -0.15) is 11.3 Å². The van der Waals surface area contributed by atoms with Crippen molar-refractivity contribution < 1.29 is 9.84 Å². The number of ether oxygens (including phenoxy) is 1. The van der Waals surface area contributed by atoms with Crippen LogP contribution in [0.5, 0.6) is 5.88 Å². The summed E-state index contributed by atoms with van der Waals surface area (Å²) in [7, 11) is 1.59. The monoisotopic (exact) mass is 263 g/mol. The Hall–Kier alpha value is -1.39. The van der Waals surface area contributed by atoms with Crippen molar-refractivity contribution in [3.63, 3.8) is 0 Å². The molecule has 3 nitrogen and oxygen atoms in total. The number of aliphatic hydroxyl groups is 1. The predicted octanol–water partition coefficient (Wildman–Crippen LogP) is 2.69. The summed E-state index contributed by atoms with van der Waals surface area (Å²) in [6, 6.07) is 5.87. The van der Waals surface area contributed by atoms with Crippen LogP contribution in [-0.2, 0) is 12.8 Å². The molecule has 1 N–H and O–H groups in total. The maximum absolute atomic E-state index is 9.97. The smallest absolute Gasteiger partial charge is 0.212 e. The molecular weight excluding hydrogens is 246 g/mol. The number of nitrogens with zero attached hydrogens (tertiary/aromatic N) is 1. The first-order valence-corrected chi connectivity index (χ1v) is 6.90. The summed E-state index contributed by atoms with van der Waals surface area (Å²) in [6.07, 6.45) is 3.78. The molecule has 2 aromatic heterocycles. The molecular formula is C14H17NO2S. The molecule has 2 aromatic rings. The lowest BCUT2D eigenvalue weighted by molar-refractivity contribution is 0.165. The van der Waals surface area contributed by atoms with E-state index in [1.165, 1.54) is 5.56 Å². The van der Waals surface area contributed by atoms with Crippen LogP contribution >= 0.6 is 11.3 Å². The average molecular weight is 263 g/mol. The van der Waals surface area contributed by atoms with Crippen LogP contribution in [0.2, 0.25) is 0 Å². The molecule has 0 aromatic carbocycles. The van der Waals surface area contributed by atoms with E-state index < -0.39 is 0 Å². The summed E-state index contributed by atoms with van der Waals surface area (Å²) in [5.74, 6) is 0.603. The van der Waals surface area contributed by atoms with E-state index in [4.69, 9.17) is 4.74 Å². The highest BCUT2D eigenvalue weighted by molar-refractivity contribution is 7.07. The third kappa shape index (κ3) is 3.82. The van der Waals surface area contributed by atoms with E-state index >= 15 is 0 Å². The van der Waals surface area contributed by atoms with Gasteiger partial charge in [-0.1, -0.05) is 6.07 Å². The van der Waals surface area contributed by atoms with Crippen molar-refractivity contribution in [2.45, 2.75) is 25.4 Å². The maximum Gasteiger partial charge on any atom is 0.212 e. The molecule has 2 heterocycles. The van der Waals surface area contributed by atoms with Gasteiger partial charge in [0.05, 0.1) is 13.2 Å². The van der Waals surface area contributed by atoms with Gasteiger partial charge in [0, 0.05) is 12.3 Å². The van der Waals surface area contributed by atoms with E-state index in [1.807, 2.05) is 12.1 Å². The molecule has 0 amide bonds. The van der Waals surface area contributed by atoms with Crippen molar-refractivity contribution in [1.29, 1.82) is 0 Å². The van der Waals surface area contributed by atoms with Gasteiger partial charge in [-0.25, -0.2) is 4.98 Å². The number of aromatic nitrogens is 1. The topological polar surface area (TPSA) is 42.4 Å². The number of methoxy groups -OCH3 is 1. The molecule has 0 aliphatic heterocycles. The molecule has 0 spiro atoms. The van der Waals surface area contributed by atoms with Gasteiger partial charge >= 0.3 is 0 Å². The van der Waals surface area contributed by atoms with Crippen molar-refractivity contribution in [1.82, 2.24) is 4.98 Å². The third-order valence-corrected chi connectivity index (χ3v) is 3.56. The fraction of sp³-hybridized carbons (Fsp3) is 0.357. The number of hydrogen-bond acceptors (Lipinski definition) is 4. The van der Waals surface area contributed by atoms with Crippen LogP contribution in [0.15, 0.2) is 35.2 Å². The number of aliphatic hydroxyl groups excluding tert-OH is 1. The number of hydrogen-bond donors (Lipinski definition) is 1. The predicted molar refractivity (Wildman–Crippen MR) is 73.1 cm³/mol. The van der Waals surface area contributed by atoms with E-state index in [2.05, 4.69) is 21.8 Å². The fourth-order valence-corrected chi connectivity index (χ4v) is 2.50. The van der Waals surface area contributed by atoms with Gasteiger partial charge in [0.2, 0.25) is 5.88 Å². The minimum atomic E-state index is -0.319. The van der Waals surface area contributed by atoms with Crippen LogP contribution in [0.1, 0.15) is 17.5 Å². The van der Waals surface area contributed by atoms with Crippen molar-refractivity contribution >= 4 is 11.3 Å². The van der Waals surface area contributed by atoms with Gasteiger partial charge in [-0.3, -0.25) is 0 Å². The first-order chi connectivity index (χ1) is 8.78. The van der Waals surface area contributed by atoms with Gasteiger partial charge in [-0.15, -0.1) is 0 Å². The Labute approximate surface area is 111 Å². The lowest BCUT2D eigenvalue weighted by Crippen LogP contribution is -2.11. The molecule has 1 unspecified atom stereocenters. The molecule has 0 fully saturated rings. The second-order valence-corrected chi connectivity index (χ2v) is 5.02. The molecule has 96 valence electrons. The normalized spacial score (nSPS) is 12.3. The van der Waals surface area contributed by atoms with Crippen LogP contribution < -0.4 is 4.74 Å². The molecule has 1 atom stereocenters. The molecule has 0 saturated carbocycles. The lowest BCUT2D eigenvalue weighted by atomic mass is 10.0. The van der Waals surface area contributed by atoms with E-state index in [9.17, 15) is 5.11 Å². The van der Waals surface area contributed by atoms with E-state index in [0.29, 0.717) is 12.3 Å². The molecule has 4 heteroatoms. The molecule has 2 rings (SSSR count). The Kier molecular flexibility index (Phi) is 4.73. The molecule has 0 bridgehead atoms. The average Bonchev–Trinajstić information content (AvgIpc) is 2.90. The Morgan fingerprint density at radius 3 is 2.83 bits per heavy atom. The van der Waals surface area contributed by atoms with E-state index in [1.54, 1.807) is 24.6 Å². The van der Waals surface area contributed by atoms with Gasteiger partial charge in [0.1, 0.15) is 0 Å². The first-order valence-electron chi connectivity index (χ1n) is 5.96. The maximum atomic E-state index is 9.97. The highest BCUT2D eigenvalue weighted by Gasteiger charge is 2.07. The van der Waals surface area contributed by atoms with Crippen LogP contribution in [0.4, 0.5) is 0 Å². The molecule has 0 aliphatic carbocycles. The summed E-state index contributed by atoms with van der Waals surface area (Å²) < 4.78 is 5.00. The number of pyridine rings is 1. The number of thiophene rings is 1. The highest BCUT2D eigenvalue weighted by atomic mass is 32.1. The summed E-state index contributed by atoms with van der Waals surface area (Å²) >= 11 is 1.69. The second-order valence-electron chi connectivity index (χ2n) is 4.24. The second kappa shape index (κ2) is 6.52. The zero-order valence-electron chi connectivity index (χ0n) is 10.4. The summed E-state index contributed by atoms with van der Waals surface area (Å²) in [6.45, 7) is 0. The molecule has 0 radical (unpaired) electrons.